The first-order valence-corrected chi connectivity index (χ1v) is 28.1. The lowest BCUT2D eigenvalue weighted by atomic mass is 9.32. The van der Waals surface area contributed by atoms with E-state index in [9.17, 15) is 75.7 Å². The van der Waals surface area contributed by atoms with Gasteiger partial charge in [-0.2, -0.15) is 0 Å². The molecule has 3 aliphatic heterocycles. The zero-order chi connectivity index (χ0) is 59.3. The Hall–Kier alpha value is -3.05. The summed E-state index contributed by atoms with van der Waals surface area (Å²) in [5, 5.41) is 134. The van der Waals surface area contributed by atoms with Crippen LogP contribution in [0.25, 0.3) is 0 Å². The lowest BCUT2D eigenvalue weighted by molar-refractivity contribution is -0.386. The van der Waals surface area contributed by atoms with Gasteiger partial charge in [0.05, 0.1) is 43.5 Å². The van der Waals surface area contributed by atoms with Crippen LogP contribution in [0.2, 0.25) is 0 Å². The minimum Gasteiger partial charge on any atom is -0.479 e. The fourth-order valence-corrected chi connectivity index (χ4v) is 16.2. The molecule has 8 rings (SSSR count). The highest BCUT2D eigenvalue weighted by molar-refractivity contribution is 5.89. The molecule has 0 aromatic carbocycles. The molecule has 26 atom stereocenters. The first-order chi connectivity index (χ1) is 37.3. The number of ether oxygens (including phenoxy) is 8. The molecule has 0 radical (unpaired) electrons. The number of hydrogen-bond donors (Lipinski definition) is 12. The number of rotatable bonds is 14. The van der Waals surface area contributed by atoms with E-state index in [1.807, 2.05) is 34.6 Å². The first kappa shape index (κ1) is 63.0. The van der Waals surface area contributed by atoms with Gasteiger partial charge in [0.2, 0.25) is 0 Å². The molecule has 0 amide bonds. The summed E-state index contributed by atoms with van der Waals surface area (Å²) in [5.41, 5.74) is -4.40. The van der Waals surface area contributed by atoms with Crippen LogP contribution in [0.5, 0.6) is 0 Å². The van der Waals surface area contributed by atoms with E-state index in [-0.39, 0.29) is 23.8 Å². The van der Waals surface area contributed by atoms with Gasteiger partial charge in [0.25, 0.3) is 0 Å². The van der Waals surface area contributed by atoms with Gasteiger partial charge in [-0.05, 0) is 100 Å². The predicted octanol–water partition coefficient (Wildman–Crippen LogP) is 0.263. The topological polar surface area (TPSA) is 368 Å². The fourth-order valence-electron chi connectivity index (χ4n) is 16.2. The van der Waals surface area contributed by atoms with Gasteiger partial charge >= 0.3 is 17.9 Å². The fraction of sp³-hybridized carbons (Fsp3) is 0.842. The number of fused-ring (bicyclic) bond motifs is 7. The molecule has 0 aromatic rings. The van der Waals surface area contributed by atoms with Crippen LogP contribution in [-0.4, -0.2) is 216 Å². The van der Waals surface area contributed by atoms with Crippen LogP contribution in [-0.2, 0) is 52.3 Å². The highest BCUT2D eigenvalue weighted by Gasteiger charge is 2.76. The molecule has 5 aliphatic carbocycles. The van der Waals surface area contributed by atoms with Gasteiger partial charge in [0.15, 0.2) is 31.1 Å². The van der Waals surface area contributed by atoms with Crippen molar-refractivity contribution in [2.24, 2.45) is 50.2 Å². The molecule has 0 aromatic heterocycles. The van der Waals surface area contributed by atoms with Crippen molar-refractivity contribution in [2.45, 2.75) is 231 Å². The second kappa shape index (κ2) is 22.7. The number of esters is 2. The zero-order valence-corrected chi connectivity index (χ0v) is 47.7. The summed E-state index contributed by atoms with van der Waals surface area (Å²) in [6.45, 7) is 18.4. The number of carbonyl (C=O) groups excluding carboxylic acids is 2. The summed E-state index contributed by atoms with van der Waals surface area (Å²) in [7, 11) is 0. The molecule has 3 heterocycles. The number of carbonyl (C=O) groups is 3. The molecule has 12 N–H and O–H groups in total. The van der Waals surface area contributed by atoms with Gasteiger partial charge in [-0.15, -0.1) is 0 Å². The smallest absolute Gasteiger partial charge is 0.335 e. The minimum atomic E-state index is -2.13. The zero-order valence-electron chi connectivity index (χ0n) is 47.7. The van der Waals surface area contributed by atoms with Crippen molar-refractivity contribution < 1.29 is 114 Å². The number of carboxylic acid groups (broad SMARTS) is 1. The molecular weight excluding hydrogens is 1050 g/mol. The van der Waals surface area contributed by atoms with Gasteiger partial charge in [-0.25, -0.2) is 14.4 Å². The number of allylic oxidation sites excluding steroid dienone is 3. The molecule has 80 heavy (non-hydrogen) atoms. The minimum absolute atomic E-state index is 0.153. The van der Waals surface area contributed by atoms with Crippen molar-refractivity contribution in [3.63, 3.8) is 0 Å². The average Bonchev–Trinajstić information content (AvgIpc) is 3.72. The normalized spacial score (nSPS) is 49.0. The molecular formula is C57H88O23. The molecule has 454 valence electrons. The lowest BCUT2D eigenvalue weighted by Gasteiger charge is -2.73. The Morgan fingerprint density at radius 2 is 1.18 bits per heavy atom. The molecule has 7 fully saturated rings. The van der Waals surface area contributed by atoms with Gasteiger partial charge in [0.1, 0.15) is 67.1 Å². The van der Waals surface area contributed by atoms with E-state index in [0.717, 1.165) is 5.57 Å². The van der Waals surface area contributed by atoms with E-state index >= 15 is 0 Å². The van der Waals surface area contributed by atoms with Gasteiger partial charge in [-0.1, -0.05) is 72.3 Å². The van der Waals surface area contributed by atoms with Gasteiger partial charge < -0.3 is 99.2 Å². The van der Waals surface area contributed by atoms with Gasteiger partial charge in [-0.3, -0.25) is 0 Å². The third kappa shape index (κ3) is 9.76. The van der Waals surface area contributed by atoms with Crippen LogP contribution in [0.3, 0.4) is 0 Å². The first-order valence-electron chi connectivity index (χ1n) is 28.1. The number of hydrogen-bond acceptors (Lipinski definition) is 22. The number of aliphatic carboxylic acids is 1. The summed E-state index contributed by atoms with van der Waals surface area (Å²) in [4.78, 5) is 40.3. The summed E-state index contributed by atoms with van der Waals surface area (Å²) in [6, 6.07) is 0. The van der Waals surface area contributed by atoms with E-state index < -0.39 is 193 Å². The van der Waals surface area contributed by atoms with Crippen LogP contribution in [0, 0.1) is 50.2 Å². The SMILES string of the molecule is C/C=C(/C)C(=O)O[C@H]1[C@H](OC(=O)/C(C)=C\C)[C@@]2(CO)C(CC1(C)C)C1=CCC3[C@@]4(C)CCC(O[C@@H]5O[C@H](C(=O)O)[C@@H](O)[C@H](OC6O[C@@H](CO)[C@H](O)[C@H]6O)[C@H]5OC5O[C@H](CO)[C@H](O)[C@H](O)[C@H]5O)C(C)(C)C4CC[C@@]3(C)[C@]1(C)[C@@H](O)[C@H]2O. The maximum atomic E-state index is 13.9. The number of aliphatic hydroxyl groups is 11. The third-order valence-electron chi connectivity index (χ3n) is 21.4. The van der Waals surface area contributed by atoms with Crippen LogP contribution >= 0.6 is 0 Å². The highest BCUT2D eigenvalue weighted by atomic mass is 16.8. The Kier molecular flexibility index (Phi) is 17.9. The van der Waals surface area contributed by atoms with E-state index in [0.29, 0.717) is 37.7 Å². The molecule has 23 heteroatoms. The molecule has 0 spiro atoms. The highest BCUT2D eigenvalue weighted by Crippen LogP contribution is 2.76. The van der Waals surface area contributed by atoms with Crippen molar-refractivity contribution in [1.82, 2.24) is 0 Å². The van der Waals surface area contributed by atoms with Crippen molar-refractivity contribution in [1.29, 1.82) is 0 Å². The Labute approximate surface area is 466 Å². The second-order valence-electron chi connectivity index (χ2n) is 26.0. The van der Waals surface area contributed by atoms with E-state index in [1.54, 1.807) is 39.8 Å². The van der Waals surface area contributed by atoms with Crippen molar-refractivity contribution in [3.8, 4) is 0 Å². The largest absolute Gasteiger partial charge is 0.479 e. The van der Waals surface area contributed by atoms with Crippen molar-refractivity contribution in [2.75, 3.05) is 19.8 Å². The standard InChI is InChI=1S/C57H88O23/c1-12-24(3)47(71)79-44-45(80-48(72)25(4)13-2)57(23-60)27(20-52(44,5)6)26-14-15-31-54(9)18-17-32(53(7,8)30(54)16-19-55(31,10)56(26,11)42(67)43(57)68)75-51-41(78-50-37(65)35(63)33(61)28(21-58)73-50)39(38(66)40(77-51)46(69)70)76-49-36(64)34(62)29(22-59)74-49/h12-14,27-45,49-51,58-68H,15-23H2,1-11H3,(H,69,70)/b24-12-,25-13-/t27?,28-,29+,30?,31?,32?,33+,34+,35+,36-,37-,38+,39+,40+,41-,42+,43-,44+,45+,49?,50?,51-,54+,55-,56+,57+/m1/s1. The van der Waals surface area contributed by atoms with Crippen LogP contribution in [0.1, 0.15) is 115 Å². The van der Waals surface area contributed by atoms with Crippen LogP contribution in [0.15, 0.2) is 34.9 Å². The molecule has 23 nitrogen and oxygen atoms in total. The maximum absolute atomic E-state index is 13.9. The monoisotopic (exact) mass is 1140 g/mol. The molecule has 0 bridgehead atoms. The van der Waals surface area contributed by atoms with Crippen LogP contribution < -0.4 is 0 Å². The molecule has 4 saturated carbocycles. The predicted molar refractivity (Wildman–Crippen MR) is 277 cm³/mol. The molecule has 3 saturated heterocycles. The second-order valence-corrected chi connectivity index (χ2v) is 26.0. The van der Waals surface area contributed by atoms with E-state index in [4.69, 9.17) is 37.9 Å². The Bertz CT molecular complexity index is 2390. The Morgan fingerprint density at radius 3 is 1.71 bits per heavy atom. The molecule has 8 aliphatic rings. The van der Waals surface area contributed by atoms with Crippen molar-refractivity contribution >= 4 is 17.9 Å². The Morgan fingerprint density at radius 1 is 0.637 bits per heavy atom. The lowest BCUT2D eigenvalue weighted by Crippen LogP contribution is -2.76. The van der Waals surface area contributed by atoms with Gasteiger partial charge in [0, 0.05) is 22.0 Å². The average molecular weight is 1140 g/mol. The molecule has 6 unspecified atom stereocenters. The van der Waals surface area contributed by atoms with Crippen LogP contribution in [0.4, 0.5) is 0 Å². The van der Waals surface area contributed by atoms with E-state index in [1.165, 1.54) is 0 Å². The summed E-state index contributed by atoms with van der Waals surface area (Å²) >= 11 is 0. The maximum Gasteiger partial charge on any atom is 0.335 e. The quantitative estimate of drug-likeness (QED) is 0.0480. The van der Waals surface area contributed by atoms with E-state index in [2.05, 4.69) is 19.9 Å². The third-order valence-corrected chi connectivity index (χ3v) is 21.4. The summed E-state index contributed by atoms with van der Waals surface area (Å²) in [6.07, 6.45) is -24.0. The van der Waals surface area contributed by atoms with Crippen molar-refractivity contribution in [3.05, 3.63) is 34.9 Å². The summed E-state index contributed by atoms with van der Waals surface area (Å²) in [5.74, 6) is -4.01. The summed E-state index contributed by atoms with van der Waals surface area (Å²) < 4.78 is 49.0. The Balaban J connectivity index is 1.14. The number of aliphatic hydroxyl groups excluding tert-OH is 11. The number of carboxylic acids is 1.